The Morgan fingerprint density at radius 3 is 2.64 bits per heavy atom. The number of aryl methyl sites for hydroxylation is 2. The third-order valence-corrected chi connectivity index (χ3v) is 5.14. The zero-order valence-corrected chi connectivity index (χ0v) is 16.1. The molecule has 0 saturated heterocycles. The summed E-state index contributed by atoms with van der Waals surface area (Å²) in [7, 11) is 2.85. The summed E-state index contributed by atoms with van der Waals surface area (Å²) < 4.78 is 7.38. The third-order valence-electron chi connectivity index (χ3n) is 5.14. The Morgan fingerprint density at radius 1 is 1.25 bits per heavy atom. The summed E-state index contributed by atoms with van der Waals surface area (Å²) in [6.45, 7) is 2.07. The Bertz CT molecular complexity index is 1220. The second-order valence-electron chi connectivity index (χ2n) is 7.28. The fraction of sp³-hybridized carbons (Fsp3) is 0.333. The molecule has 0 radical (unpaired) electrons. The topological polar surface area (TPSA) is 83.2 Å². The summed E-state index contributed by atoms with van der Waals surface area (Å²) in [5.41, 5.74) is 1.98. The van der Waals surface area contributed by atoms with Crippen LogP contribution in [-0.2, 0) is 18.3 Å². The van der Waals surface area contributed by atoms with E-state index in [4.69, 9.17) is 4.74 Å². The van der Waals surface area contributed by atoms with Gasteiger partial charge in [-0.1, -0.05) is 29.8 Å². The van der Waals surface area contributed by atoms with Crippen molar-refractivity contribution in [2.45, 2.75) is 32.2 Å². The molecule has 0 bridgehead atoms. The van der Waals surface area contributed by atoms with Gasteiger partial charge in [0.2, 0.25) is 0 Å². The quantitative estimate of drug-likeness (QED) is 0.649. The van der Waals surface area contributed by atoms with Crippen LogP contribution in [0.4, 0.5) is 0 Å². The predicted molar refractivity (Wildman–Crippen MR) is 105 cm³/mol. The molecule has 7 nitrogen and oxygen atoms in total. The van der Waals surface area contributed by atoms with Crippen molar-refractivity contribution in [2.75, 3.05) is 7.11 Å². The number of nitrogens with zero attached hydrogens (tertiary/aromatic N) is 3. The highest BCUT2D eigenvalue weighted by Gasteiger charge is 2.29. The van der Waals surface area contributed by atoms with E-state index in [0.717, 1.165) is 34.2 Å². The van der Waals surface area contributed by atoms with Crippen LogP contribution in [0.3, 0.4) is 0 Å². The highest BCUT2D eigenvalue weighted by molar-refractivity contribution is 6.02. The molecule has 2 aromatic heterocycles. The number of benzene rings is 1. The molecule has 2 heterocycles. The molecule has 1 aliphatic rings. The summed E-state index contributed by atoms with van der Waals surface area (Å²) in [5, 5.41) is 0.117. The van der Waals surface area contributed by atoms with Crippen molar-refractivity contribution in [3.05, 3.63) is 73.6 Å². The Balaban J connectivity index is 2.00. The van der Waals surface area contributed by atoms with Gasteiger partial charge in [0.05, 0.1) is 24.6 Å². The maximum atomic E-state index is 13.2. The molecule has 0 unspecified atom stereocenters. The summed E-state index contributed by atoms with van der Waals surface area (Å²) >= 11 is 0. The molecule has 0 atom stereocenters. The van der Waals surface area contributed by atoms with Crippen molar-refractivity contribution < 1.29 is 9.53 Å². The Morgan fingerprint density at radius 2 is 2.00 bits per heavy atom. The average molecular weight is 379 g/mol. The van der Waals surface area contributed by atoms with Crippen LogP contribution in [0.25, 0.3) is 11.0 Å². The van der Waals surface area contributed by atoms with Crippen molar-refractivity contribution in [2.24, 2.45) is 7.05 Å². The van der Waals surface area contributed by atoms with Gasteiger partial charge in [-0.3, -0.25) is 13.9 Å². The number of pyridine rings is 1. The first-order valence-corrected chi connectivity index (χ1v) is 9.19. The number of rotatable bonds is 4. The zero-order valence-electron chi connectivity index (χ0n) is 16.1. The van der Waals surface area contributed by atoms with Gasteiger partial charge in [0.1, 0.15) is 5.65 Å². The third kappa shape index (κ3) is 3.02. The molecule has 4 rings (SSSR count). The average Bonchev–Trinajstić information content (AvgIpc) is 3.53. The number of hydrogen-bond acceptors (Lipinski definition) is 5. The van der Waals surface area contributed by atoms with Crippen molar-refractivity contribution >= 4 is 17.0 Å². The van der Waals surface area contributed by atoms with Gasteiger partial charge in [0, 0.05) is 18.7 Å². The Labute approximate surface area is 161 Å². The maximum Gasteiger partial charge on any atom is 0.338 e. The van der Waals surface area contributed by atoms with Crippen LogP contribution < -0.4 is 11.2 Å². The van der Waals surface area contributed by atoms with E-state index in [9.17, 15) is 14.4 Å². The Kier molecular flexibility index (Phi) is 4.37. The first kappa shape index (κ1) is 18.2. The van der Waals surface area contributed by atoms with Crippen LogP contribution >= 0.6 is 0 Å². The Hall–Kier alpha value is -3.22. The molecule has 144 valence electrons. The predicted octanol–water partition coefficient (Wildman–Crippen LogP) is 2.12. The first-order chi connectivity index (χ1) is 13.4. The standard InChI is InChI=1S/C21H21N3O4/c1-12-5-4-6-13(9-12)11-24-19(25)17-15(20(26)28-3)10-16(14-7-8-14)22-18(17)23(2)21(24)27/h4-6,9-10,14H,7-8,11H2,1-3H3. The number of carbonyl (C=O) groups excluding carboxylic acids is 1. The van der Waals surface area contributed by atoms with Gasteiger partial charge in [0.15, 0.2) is 0 Å². The minimum absolute atomic E-state index is 0.117. The van der Waals surface area contributed by atoms with Gasteiger partial charge in [0.25, 0.3) is 5.56 Å². The number of hydrogen-bond donors (Lipinski definition) is 0. The fourth-order valence-electron chi connectivity index (χ4n) is 3.49. The lowest BCUT2D eigenvalue weighted by Crippen LogP contribution is -2.40. The number of carbonyl (C=O) groups is 1. The molecule has 7 heteroatoms. The SMILES string of the molecule is COC(=O)c1cc(C2CC2)nc2c1c(=O)n(Cc1cccc(C)c1)c(=O)n2C. The largest absolute Gasteiger partial charge is 0.465 e. The molecule has 3 aromatic rings. The van der Waals surface area contributed by atoms with Crippen LogP contribution in [0.15, 0.2) is 39.9 Å². The molecule has 0 spiro atoms. The molecule has 1 fully saturated rings. The van der Waals surface area contributed by atoms with Crippen LogP contribution in [0.2, 0.25) is 0 Å². The second-order valence-corrected chi connectivity index (χ2v) is 7.28. The number of aromatic nitrogens is 3. The number of esters is 1. The van der Waals surface area contributed by atoms with Crippen molar-refractivity contribution in [3.8, 4) is 0 Å². The zero-order chi connectivity index (χ0) is 20.0. The molecule has 0 aliphatic heterocycles. The van der Waals surface area contributed by atoms with Gasteiger partial charge >= 0.3 is 11.7 Å². The second kappa shape index (κ2) is 6.74. The number of methoxy groups -OCH3 is 1. The van der Waals surface area contributed by atoms with Crippen molar-refractivity contribution in [1.82, 2.24) is 14.1 Å². The van der Waals surface area contributed by atoms with E-state index >= 15 is 0 Å². The smallest absolute Gasteiger partial charge is 0.338 e. The van der Waals surface area contributed by atoms with E-state index in [1.807, 2.05) is 31.2 Å². The van der Waals surface area contributed by atoms with E-state index in [-0.39, 0.29) is 29.1 Å². The fourth-order valence-corrected chi connectivity index (χ4v) is 3.49. The van der Waals surface area contributed by atoms with Crippen molar-refractivity contribution in [1.29, 1.82) is 0 Å². The van der Waals surface area contributed by atoms with E-state index in [2.05, 4.69) is 4.98 Å². The van der Waals surface area contributed by atoms with E-state index in [0.29, 0.717) is 0 Å². The van der Waals surface area contributed by atoms with Gasteiger partial charge in [-0.05, 0) is 31.4 Å². The van der Waals surface area contributed by atoms with Gasteiger partial charge in [-0.15, -0.1) is 0 Å². The first-order valence-electron chi connectivity index (χ1n) is 9.19. The minimum atomic E-state index is -0.604. The molecule has 0 N–H and O–H groups in total. The van der Waals surface area contributed by atoms with E-state index in [1.54, 1.807) is 13.1 Å². The van der Waals surface area contributed by atoms with Crippen LogP contribution in [0.5, 0.6) is 0 Å². The molecule has 1 aromatic carbocycles. The van der Waals surface area contributed by atoms with Gasteiger partial charge in [-0.2, -0.15) is 0 Å². The highest BCUT2D eigenvalue weighted by atomic mass is 16.5. The summed E-state index contributed by atoms with van der Waals surface area (Å²) in [4.78, 5) is 43.1. The number of fused-ring (bicyclic) bond motifs is 1. The molecular formula is C21H21N3O4. The van der Waals surface area contributed by atoms with Crippen LogP contribution in [-0.4, -0.2) is 27.2 Å². The van der Waals surface area contributed by atoms with Crippen LogP contribution in [0.1, 0.15) is 45.9 Å². The highest BCUT2D eigenvalue weighted by Crippen LogP contribution is 2.39. The van der Waals surface area contributed by atoms with E-state index in [1.165, 1.54) is 11.7 Å². The van der Waals surface area contributed by atoms with E-state index < -0.39 is 17.2 Å². The summed E-state index contributed by atoms with van der Waals surface area (Å²) in [6, 6.07) is 9.24. The summed E-state index contributed by atoms with van der Waals surface area (Å²) in [6.07, 6.45) is 1.97. The lowest BCUT2D eigenvalue weighted by Gasteiger charge is -2.14. The molecule has 0 amide bonds. The lowest BCUT2D eigenvalue weighted by atomic mass is 10.1. The molecule has 28 heavy (non-hydrogen) atoms. The summed E-state index contributed by atoms with van der Waals surface area (Å²) in [5.74, 6) is -0.343. The van der Waals surface area contributed by atoms with Crippen molar-refractivity contribution in [3.63, 3.8) is 0 Å². The van der Waals surface area contributed by atoms with Gasteiger partial charge in [-0.25, -0.2) is 14.6 Å². The molecular weight excluding hydrogens is 358 g/mol. The number of ether oxygens (including phenoxy) is 1. The normalized spacial score (nSPS) is 13.7. The lowest BCUT2D eigenvalue weighted by molar-refractivity contribution is 0.0602. The maximum absolute atomic E-state index is 13.2. The molecule has 1 aliphatic carbocycles. The minimum Gasteiger partial charge on any atom is -0.465 e. The van der Waals surface area contributed by atoms with Gasteiger partial charge < -0.3 is 4.74 Å². The monoisotopic (exact) mass is 379 g/mol. The molecule has 1 saturated carbocycles. The van der Waals surface area contributed by atoms with Crippen LogP contribution in [0, 0.1) is 6.92 Å².